The van der Waals surface area contributed by atoms with Crippen LogP contribution in [0.25, 0.3) is 0 Å². The van der Waals surface area contributed by atoms with Gasteiger partial charge in [-0.1, -0.05) is 55.5 Å². The predicted octanol–water partition coefficient (Wildman–Crippen LogP) is 4.91. The van der Waals surface area contributed by atoms with Crippen LogP contribution in [0, 0.1) is 6.92 Å². The SMILES string of the molecule is CCC(CNC)c1ccc(C)c(S(=O)(=O)N2CCNc3cccc(OCc4ccccc4)c32)c1. The second-order valence-corrected chi connectivity index (χ2v) is 10.4. The third-order valence-electron chi connectivity index (χ3n) is 6.31. The summed E-state index contributed by atoms with van der Waals surface area (Å²) < 4.78 is 35.7. The first-order chi connectivity index (χ1) is 16.5. The summed E-state index contributed by atoms with van der Waals surface area (Å²) >= 11 is 0. The molecule has 0 fully saturated rings. The Hall–Kier alpha value is -3.03. The first-order valence-corrected chi connectivity index (χ1v) is 13.2. The van der Waals surface area contributed by atoms with Gasteiger partial charge in [0.2, 0.25) is 0 Å². The van der Waals surface area contributed by atoms with Crippen molar-refractivity contribution in [3.05, 3.63) is 83.4 Å². The lowest BCUT2D eigenvalue weighted by atomic mass is 9.95. The number of nitrogens with zero attached hydrogens (tertiary/aromatic N) is 1. The molecule has 0 saturated heterocycles. The normalized spacial score (nSPS) is 14.3. The van der Waals surface area contributed by atoms with Gasteiger partial charge in [0.05, 0.1) is 17.1 Å². The molecule has 4 rings (SSSR count). The van der Waals surface area contributed by atoms with Crippen molar-refractivity contribution in [3.8, 4) is 5.75 Å². The lowest BCUT2D eigenvalue weighted by Gasteiger charge is -2.33. The predicted molar refractivity (Wildman–Crippen MR) is 138 cm³/mol. The molecule has 0 aliphatic carbocycles. The summed E-state index contributed by atoms with van der Waals surface area (Å²) in [6.45, 7) is 6.01. The summed E-state index contributed by atoms with van der Waals surface area (Å²) in [6, 6.07) is 21.3. The van der Waals surface area contributed by atoms with Crippen LogP contribution >= 0.6 is 0 Å². The standard InChI is InChI=1S/C27H33N3O3S/c1-4-22(18-28-3)23-14-13-20(2)26(17-23)34(31,32)30-16-15-29-24-11-8-12-25(27(24)30)33-19-21-9-6-5-7-10-21/h5-14,17,22,28-29H,4,15-16,18-19H2,1-3H3. The van der Waals surface area contributed by atoms with E-state index >= 15 is 0 Å². The average molecular weight is 480 g/mol. The highest BCUT2D eigenvalue weighted by atomic mass is 32.2. The topological polar surface area (TPSA) is 70.7 Å². The van der Waals surface area contributed by atoms with Crippen LogP contribution in [0.5, 0.6) is 5.75 Å². The Bertz CT molecular complexity index is 1230. The van der Waals surface area contributed by atoms with Crippen molar-refractivity contribution in [1.29, 1.82) is 0 Å². The first kappa shape index (κ1) is 24.1. The molecule has 2 N–H and O–H groups in total. The van der Waals surface area contributed by atoms with E-state index in [-0.39, 0.29) is 5.92 Å². The maximum atomic E-state index is 14.0. The molecule has 0 bridgehead atoms. The van der Waals surface area contributed by atoms with E-state index in [9.17, 15) is 8.42 Å². The Morgan fingerprint density at radius 3 is 2.62 bits per heavy atom. The van der Waals surface area contributed by atoms with Gasteiger partial charge in [-0.15, -0.1) is 0 Å². The lowest BCUT2D eigenvalue weighted by molar-refractivity contribution is 0.307. The Kier molecular flexibility index (Phi) is 7.44. The van der Waals surface area contributed by atoms with Crippen molar-refractivity contribution >= 4 is 21.4 Å². The summed E-state index contributed by atoms with van der Waals surface area (Å²) in [6.07, 6.45) is 0.928. The average Bonchev–Trinajstić information content (AvgIpc) is 2.86. The number of ether oxygens (including phenoxy) is 1. The third-order valence-corrected chi connectivity index (χ3v) is 8.25. The van der Waals surface area contributed by atoms with Gasteiger partial charge in [-0.05, 0) is 61.2 Å². The maximum absolute atomic E-state index is 14.0. The fraction of sp³-hybridized carbons (Fsp3) is 0.333. The minimum absolute atomic E-state index is 0.250. The fourth-order valence-corrected chi connectivity index (χ4v) is 6.19. The van der Waals surface area contributed by atoms with Gasteiger partial charge in [-0.25, -0.2) is 8.42 Å². The summed E-state index contributed by atoms with van der Waals surface area (Å²) in [5.41, 5.74) is 4.13. The molecule has 3 aromatic rings. The smallest absolute Gasteiger partial charge is 0.264 e. The molecule has 180 valence electrons. The van der Waals surface area contributed by atoms with Crippen LogP contribution in [0.3, 0.4) is 0 Å². The van der Waals surface area contributed by atoms with Crippen molar-refractivity contribution in [2.75, 3.05) is 36.3 Å². The maximum Gasteiger partial charge on any atom is 0.264 e. The number of sulfonamides is 1. The van der Waals surface area contributed by atoms with Crippen LogP contribution in [-0.4, -0.2) is 35.1 Å². The van der Waals surface area contributed by atoms with Crippen LogP contribution in [0.1, 0.15) is 36.0 Å². The van der Waals surface area contributed by atoms with Crippen LogP contribution in [0.2, 0.25) is 0 Å². The second-order valence-electron chi connectivity index (χ2n) is 8.62. The largest absolute Gasteiger partial charge is 0.487 e. The second kappa shape index (κ2) is 10.5. The van der Waals surface area contributed by atoms with E-state index < -0.39 is 10.0 Å². The molecule has 7 heteroatoms. The van der Waals surface area contributed by atoms with Gasteiger partial charge in [-0.2, -0.15) is 0 Å². The molecule has 34 heavy (non-hydrogen) atoms. The molecule has 1 heterocycles. The molecule has 0 amide bonds. The fourth-order valence-electron chi connectivity index (χ4n) is 4.43. The van der Waals surface area contributed by atoms with Gasteiger partial charge in [0, 0.05) is 13.1 Å². The number of likely N-dealkylation sites (N-methyl/N-ethyl adjacent to an activating group) is 1. The Morgan fingerprint density at radius 1 is 1.09 bits per heavy atom. The van der Waals surface area contributed by atoms with E-state index in [4.69, 9.17) is 4.74 Å². The van der Waals surface area contributed by atoms with Gasteiger partial charge in [0.25, 0.3) is 10.0 Å². The molecule has 0 radical (unpaired) electrons. The van der Waals surface area contributed by atoms with Crippen LogP contribution in [0.15, 0.2) is 71.6 Å². The summed E-state index contributed by atoms with van der Waals surface area (Å²) in [4.78, 5) is 0.352. The van der Waals surface area contributed by atoms with Crippen molar-refractivity contribution in [2.45, 2.75) is 37.7 Å². The number of hydrogen-bond acceptors (Lipinski definition) is 5. The lowest BCUT2D eigenvalue weighted by Crippen LogP contribution is -2.39. The summed E-state index contributed by atoms with van der Waals surface area (Å²) in [5, 5.41) is 6.55. The zero-order valence-electron chi connectivity index (χ0n) is 20.0. The Labute approximate surface area is 203 Å². The number of para-hydroxylation sites is 1. The van der Waals surface area contributed by atoms with E-state index in [0.29, 0.717) is 36.0 Å². The van der Waals surface area contributed by atoms with E-state index in [1.54, 1.807) is 0 Å². The quantitative estimate of drug-likeness (QED) is 0.456. The first-order valence-electron chi connectivity index (χ1n) is 11.8. The Balaban J connectivity index is 1.72. The number of fused-ring (bicyclic) bond motifs is 1. The minimum Gasteiger partial charge on any atom is -0.487 e. The highest BCUT2D eigenvalue weighted by molar-refractivity contribution is 7.93. The zero-order valence-corrected chi connectivity index (χ0v) is 20.9. The molecule has 1 aliphatic heterocycles. The highest BCUT2D eigenvalue weighted by Crippen LogP contribution is 2.42. The molecule has 1 aliphatic rings. The summed E-state index contributed by atoms with van der Waals surface area (Å²) in [5.74, 6) is 0.798. The van der Waals surface area contributed by atoms with E-state index in [2.05, 4.69) is 17.6 Å². The molecule has 0 aromatic heterocycles. The minimum atomic E-state index is -3.80. The molecule has 3 aromatic carbocycles. The van der Waals surface area contributed by atoms with Gasteiger partial charge in [0.1, 0.15) is 18.0 Å². The molecular formula is C27H33N3O3S. The van der Waals surface area contributed by atoms with E-state index in [1.165, 1.54) is 4.31 Å². The number of benzene rings is 3. The third kappa shape index (κ3) is 4.91. The van der Waals surface area contributed by atoms with Gasteiger partial charge >= 0.3 is 0 Å². The van der Waals surface area contributed by atoms with Gasteiger partial charge in [-0.3, -0.25) is 4.31 Å². The molecular weight excluding hydrogens is 446 g/mol. The van der Waals surface area contributed by atoms with Crippen LogP contribution in [0.4, 0.5) is 11.4 Å². The number of aryl methyl sites for hydroxylation is 1. The number of hydrogen-bond donors (Lipinski definition) is 2. The van der Waals surface area contributed by atoms with Gasteiger partial charge in [0.15, 0.2) is 0 Å². The molecule has 6 nitrogen and oxygen atoms in total. The van der Waals surface area contributed by atoms with E-state index in [1.807, 2.05) is 80.7 Å². The van der Waals surface area contributed by atoms with Crippen molar-refractivity contribution in [3.63, 3.8) is 0 Å². The van der Waals surface area contributed by atoms with Gasteiger partial charge < -0.3 is 15.4 Å². The molecule has 0 spiro atoms. The summed E-state index contributed by atoms with van der Waals surface area (Å²) in [7, 11) is -1.88. The van der Waals surface area contributed by atoms with Crippen LogP contribution in [-0.2, 0) is 16.6 Å². The number of nitrogens with one attached hydrogen (secondary N) is 2. The van der Waals surface area contributed by atoms with E-state index in [0.717, 1.165) is 35.3 Å². The monoisotopic (exact) mass is 479 g/mol. The zero-order chi connectivity index (χ0) is 24.1. The number of rotatable bonds is 9. The Morgan fingerprint density at radius 2 is 1.88 bits per heavy atom. The molecule has 0 saturated carbocycles. The van der Waals surface area contributed by atoms with Crippen molar-refractivity contribution in [2.24, 2.45) is 0 Å². The van der Waals surface area contributed by atoms with Crippen LogP contribution < -0.4 is 19.7 Å². The highest BCUT2D eigenvalue weighted by Gasteiger charge is 2.33. The molecule has 1 atom stereocenters. The van der Waals surface area contributed by atoms with Crippen molar-refractivity contribution in [1.82, 2.24) is 5.32 Å². The number of anilines is 2. The van der Waals surface area contributed by atoms with Crippen molar-refractivity contribution < 1.29 is 13.2 Å². The molecule has 1 unspecified atom stereocenters.